The van der Waals surface area contributed by atoms with Crippen molar-refractivity contribution in [1.29, 1.82) is 0 Å². The molecule has 6 heteroatoms. The molecule has 0 bridgehead atoms. The Balaban J connectivity index is 1.34. The Morgan fingerprint density at radius 1 is 0.941 bits per heavy atom. The van der Waals surface area contributed by atoms with E-state index in [4.69, 9.17) is 11.6 Å². The van der Waals surface area contributed by atoms with E-state index < -0.39 is 5.41 Å². The molecule has 1 spiro atoms. The van der Waals surface area contributed by atoms with Gasteiger partial charge < -0.3 is 9.80 Å². The van der Waals surface area contributed by atoms with Crippen molar-refractivity contribution in [2.24, 2.45) is 0 Å². The molecule has 5 nitrogen and oxygen atoms in total. The lowest BCUT2D eigenvalue weighted by Gasteiger charge is -2.32. The Labute approximate surface area is 204 Å². The Hall–Kier alpha value is -3.15. The molecule has 2 heterocycles. The number of hydrogen-bond acceptors (Lipinski definition) is 3. The molecule has 2 atom stereocenters. The van der Waals surface area contributed by atoms with Gasteiger partial charge in [-0.1, -0.05) is 48.0 Å². The summed E-state index contributed by atoms with van der Waals surface area (Å²) < 4.78 is 0. The molecule has 0 aromatic heterocycles. The average Bonchev–Trinajstić information content (AvgIpc) is 3.56. The van der Waals surface area contributed by atoms with Crippen molar-refractivity contribution in [3.05, 3.63) is 94.5 Å². The fraction of sp³-hybridized carbons (Fsp3) is 0.286. The second-order valence-electron chi connectivity index (χ2n) is 9.58. The summed E-state index contributed by atoms with van der Waals surface area (Å²) in [5.74, 6) is 0.228. The number of fused-ring (bicyclic) bond motifs is 2. The maximum Gasteiger partial charge on any atom is 0.254 e. The van der Waals surface area contributed by atoms with Crippen LogP contribution in [0.5, 0.6) is 0 Å². The topological polar surface area (TPSA) is 43.9 Å². The third-order valence-electron chi connectivity index (χ3n) is 7.59. The number of halogens is 1. The number of carbonyl (C=O) groups is 2. The summed E-state index contributed by atoms with van der Waals surface area (Å²) in [6.45, 7) is 3.18. The highest BCUT2D eigenvalue weighted by molar-refractivity contribution is 6.30. The van der Waals surface area contributed by atoms with Gasteiger partial charge in [0.25, 0.3) is 5.91 Å². The molecule has 0 radical (unpaired) electrons. The fourth-order valence-electron chi connectivity index (χ4n) is 5.59. The number of benzene rings is 3. The number of nitrogens with zero attached hydrogens (tertiary/aromatic N) is 3. The van der Waals surface area contributed by atoms with Crippen LogP contribution in [-0.2, 0) is 10.2 Å². The molecular formula is C28H26ClN3O2. The van der Waals surface area contributed by atoms with Crippen LogP contribution in [0.25, 0.3) is 0 Å². The van der Waals surface area contributed by atoms with Gasteiger partial charge >= 0.3 is 0 Å². The number of amides is 2. The van der Waals surface area contributed by atoms with E-state index in [1.54, 1.807) is 0 Å². The fourth-order valence-corrected chi connectivity index (χ4v) is 5.72. The molecule has 3 aromatic rings. The Morgan fingerprint density at radius 2 is 1.68 bits per heavy atom. The summed E-state index contributed by atoms with van der Waals surface area (Å²) in [7, 11) is 2.07. The average molecular weight is 472 g/mol. The molecule has 34 heavy (non-hydrogen) atoms. The summed E-state index contributed by atoms with van der Waals surface area (Å²) >= 11 is 6.10. The first-order valence-corrected chi connectivity index (χ1v) is 12.1. The molecule has 2 aliphatic heterocycles. The minimum Gasteiger partial charge on any atom is -0.336 e. The zero-order chi connectivity index (χ0) is 23.4. The maximum atomic E-state index is 14.0. The summed E-state index contributed by atoms with van der Waals surface area (Å²) in [6.07, 6.45) is 0.779. The molecule has 2 fully saturated rings. The van der Waals surface area contributed by atoms with Crippen LogP contribution in [-0.4, -0.2) is 54.8 Å². The van der Waals surface area contributed by atoms with Gasteiger partial charge in [0.2, 0.25) is 5.91 Å². The number of carbonyl (C=O) groups excluding carboxylic acids is 2. The van der Waals surface area contributed by atoms with E-state index >= 15 is 0 Å². The highest BCUT2D eigenvalue weighted by atomic mass is 35.5. The van der Waals surface area contributed by atoms with Crippen LogP contribution in [0.2, 0.25) is 5.02 Å². The molecule has 1 aliphatic carbocycles. The van der Waals surface area contributed by atoms with Gasteiger partial charge in [-0.15, -0.1) is 0 Å². The third-order valence-corrected chi connectivity index (χ3v) is 7.84. The molecule has 1 saturated heterocycles. The standard InChI is InChI=1S/C28H26ClN3O2/c1-30-13-15-31(16-14-30)26(33)20-5-4-6-22(17-20)32-25-8-3-2-7-23(25)28(27(32)34)18-24(28)19-9-11-21(29)12-10-19/h2-12,17,24H,13-16,18H2,1H3/t24-,28+/m1/s1. The number of para-hydroxylation sites is 1. The molecule has 6 rings (SSSR count). The van der Waals surface area contributed by atoms with Crippen LogP contribution < -0.4 is 4.90 Å². The van der Waals surface area contributed by atoms with Crippen molar-refractivity contribution in [3.8, 4) is 0 Å². The summed E-state index contributed by atoms with van der Waals surface area (Å²) in [4.78, 5) is 33.2. The van der Waals surface area contributed by atoms with E-state index in [2.05, 4.69) is 18.0 Å². The van der Waals surface area contributed by atoms with Crippen LogP contribution in [0.3, 0.4) is 0 Å². The smallest absolute Gasteiger partial charge is 0.254 e. The van der Waals surface area contributed by atoms with E-state index in [1.165, 1.54) is 0 Å². The molecule has 3 aliphatic rings. The van der Waals surface area contributed by atoms with E-state index in [0.717, 1.165) is 55.1 Å². The number of rotatable bonds is 3. The Morgan fingerprint density at radius 3 is 2.44 bits per heavy atom. The van der Waals surface area contributed by atoms with Gasteiger partial charge in [-0.25, -0.2) is 0 Å². The SMILES string of the molecule is CN1CCN(C(=O)c2cccc(N3C(=O)[C@@]4(C[C@@H]4c4ccc(Cl)cc4)c4ccccc43)c2)CC1. The van der Waals surface area contributed by atoms with Crippen molar-refractivity contribution in [1.82, 2.24) is 9.80 Å². The Kier molecular flexibility index (Phi) is 5.01. The first-order valence-electron chi connectivity index (χ1n) is 11.8. The summed E-state index contributed by atoms with van der Waals surface area (Å²) in [5.41, 5.74) is 3.92. The maximum absolute atomic E-state index is 14.0. The minimum absolute atomic E-state index is 0.0232. The van der Waals surface area contributed by atoms with Crippen LogP contribution in [0.4, 0.5) is 11.4 Å². The highest BCUT2D eigenvalue weighted by Crippen LogP contribution is 2.67. The monoisotopic (exact) mass is 471 g/mol. The predicted octanol–water partition coefficient (Wildman–Crippen LogP) is 4.83. The lowest BCUT2D eigenvalue weighted by Crippen LogP contribution is -2.47. The zero-order valence-corrected chi connectivity index (χ0v) is 19.8. The van der Waals surface area contributed by atoms with Crippen molar-refractivity contribution in [2.45, 2.75) is 17.8 Å². The van der Waals surface area contributed by atoms with Gasteiger partial charge in [0, 0.05) is 48.4 Å². The number of hydrogen-bond donors (Lipinski definition) is 0. The van der Waals surface area contributed by atoms with E-state index in [1.807, 2.05) is 76.5 Å². The minimum atomic E-state index is -0.554. The van der Waals surface area contributed by atoms with Gasteiger partial charge in [0.1, 0.15) is 0 Å². The number of piperazine rings is 1. The molecule has 172 valence electrons. The molecule has 0 unspecified atom stereocenters. The van der Waals surface area contributed by atoms with Crippen molar-refractivity contribution < 1.29 is 9.59 Å². The first-order chi connectivity index (χ1) is 16.5. The van der Waals surface area contributed by atoms with Gasteiger partial charge in [-0.05, 0) is 61.0 Å². The van der Waals surface area contributed by atoms with E-state index in [9.17, 15) is 9.59 Å². The largest absolute Gasteiger partial charge is 0.336 e. The lowest BCUT2D eigenvalue weighted by atomic mass is 9.92. The molecule has 1 saturated carbocycles. The van der Waals surface area contributed by atoms with Gasteiger partial charge in [-0.3, -0.25) is 14.5 Å². The van der Waals surface area contributed by atoms with Crippen molar-refractivity contribution in [2.75, 3.05) is 38.1 Å². The quantitative estimate of drug-likeness (QED) is 0.549. The summed E-state index contributed by atoms with van der Waals surface area (Å²) in [6, 6.07) is 23.4. The Bertz CT molecular complexity index is 1280. The molecule has 0 N–H and O–H groups in total. The van der Waals surface area contributed by atoms with Crippen LogP contribution in [0.15, 0.2) is 72.8 Å². The highest BCUT2D eigenvalue weighted by Gasteiger charge is 2.67. The van der Waals surface area contributed by atoms with Crippen LogP contribution in [0, 0.1) is 0 Å². The number of likely N-dealkylation sites (N-methyl/N-ethyl adjacent to an activating group) is 1. The third kappa shape index (κ3) is 3.26. The van der Waals surface area contributed by atoms with Crippen molar-refractivity contribution >= 4 is 34.8 Å². The van der Waals surface area contributed by atoms with Gasteiger partial charge in [-0.2, -0.15) is 0 Å². The van der Waals surface area contributed by atoms with E-state index in [0.29, 0.717) is 10.6 Å². The molecule has 3 aromatic carbocycles. The lowest BCUT2D eigenvalue weighted by molar-refractivity contribution is -0.119. The van der Waals surface area contributed by atoms with Crippen molar-refractivity contribution in [3.63, 3.8) is 0 Å². The molecule has 2 amide bonds. The second kappa shape index (κ2) is 7.97. The van der Waals surface area contributed by atoms with Crippen LogP contribution >= 0.6 is 11.6 Å². The summed E-state index contributed by atoms with van der Waals surface area (Å²) in [5, 5.41) is 0.694. The van der Waals surface area contributed by atoms with Gasteiger partial charge in [0.15, 0.2) is 0 Å². The normalized spacial score (nSPS) is 23.9. The second-order valence-corrected chi connectivity index (χ2v) is 10.0. The first kappa shape index (κ1) is 21.4. The zero-order valence-electron chi connectivity index (χ0n) is 19.1. The molecular weight excluding hydrogens is 446 g/mol. The van der Waals surface area contributed by atoms with Gasteiger partial charge in [0.05, 0.1) is 11.1 Å². The number of anilines is 2. The van der Waals surface area contributed by atoms with Crippen LogP contribution in [0.1, 0.15) is 33.8 Å². The predicted molar refractivity (Wildman–Crippen MR) is 134 cm³/mol. The van der Waals surface area contributed by atoms with E-state index in [-0.39, 0.29) is 17.7 Å².